The first-order valence-corrected chi connectivity index (χ1v) is 8.05. The summed E-state index contributed by atoms with van der Waals surface area (Å²) in [5.74, 6) is 0. The van der Waals surface area contributed by atoms with Gasteiger partial charge in [0, 0.05) is 13.1 Å². The fourth-order valence-electron chi connectivity index (χ4n) is 4.59. The maximum absolute atomic E-state index is 2.69. The van der Waals surface area contributed by atoms with Gasteiger partial charge < -0.3 is 0 Å². The van der Waals surface area contributed by atoms with E-state index in [0.717, 1.165) is 6.67 Å². The maximum atomic E-state index is 2.69. The third-order valence-corrected chi connectivity index (χ3v) is 5.53. The molecule has 2 nitrogen and oxygen atoms in total. The fourth-order valence-corrected chi connectivity index (χ4v) is 4.59. The van der Waals surface area contributed by atoms with E-state index >= 15 is 0 Å². The number of nitrogens with zero attached hydrogens (tertiary/aromatic N) is 2. The molecule has 0 radical (unpaired) electrons. The molecule has 3 aliphatic rings. The minimum atomic E-state index is 0.552. The Morgan fingerprint density at radius 1 is 0.667 bits per heavy atom. The molecular weight excluding hydrogens is 256 g/mol. The average molecular weight is 276 g/mol. The van der Waals surface area contributed by atoms with Crippen LogP contribution in [0.3, 0.4) is 0 Å². The predicted molar refractivity (Wildman–Crippen MR) is 84.1 cm³/mol. The molecular formula is C19H20N2. The molecule has 3 aliphatic heterocycles. The zero-order valence-corrected chi connectivity index (χ0v) is 12.2. The molecule has 2 aromatic carbocycles. The monoisotopic (exact) mass is 276 g/mol. The standard InChI is InChI=1S/C19H20N2/c1-3-7-16-14(5-1)9-11-20-13-21-12-10-15-6-2-4-8-17(15)19(21)18(16)20/h1-8,18-19H,9-13H2/t18-,19-/m0/s1. The van der Waals surface area contributed by atoms with E-state index in [4.69, 9.17) is 0 Å². The van der Waals surface area contributed by atoms with Crippen LogP contribution >= 0.6 is 0 Å². The van der Waals surface area contributed by atoms with Crippen molar-refractivity contribution >= 4 is 0 Å². The first-order valence-electron chi connectivity index (χ1n) is 8.05. The Bertz CT molecular complexity index is 634. The molecule has 21 heavy (non-hydrogen) atoms. The van der Waals surface area contributed by atoms with Crippen LogP contribution in [0.15, 0.2) is 48.5 Å². The van der Waals surface area contributed by atoms with Crippen molar-refractivity contribution in [2.75, 3.05) is 19.8 Å². The Morgan fingerprint density at radius 3 is 1.67 bits per heavy atom. The van der Waals surface area contributed by atoms with Crippen LogP contribution in [0.4, 0.5) is 0 Å². The molecule has 0 spiro atoms. The van der Waals surface area contributed by atoms with Gasteiger partial charge in [0.1, 0.15) is 0 Å². The Balaban J connectivity index is 1.67. The van der Waals surface area contributed by atoms with Crippen LogP contribution in [-0.4, -0.2) is 29.6 Å². The molecule has 2 heteroatoms. The van der Waals surface area contributed by atoms with Gasteiger partial charge >= 0.3 is 0 Å². The summed E-state index contributed by atoms with van der Waals surface area (Å²) < 4.78 is 0. The second kappa shape index (κ2) is 4.43. The van der Waals surface area contributed by atoms with Crippen molar-refractivity contribution in [2.24, 2.45) is 0 Å². The summed E-state index contributed by atoms with van der Waals surface area (Å²) in [6, 6.07) is 19.3. The van der Waals surface area contributed by atoms with Gasteiger partial charge in [-0.1, -0.05) is 48.5 Å². The van der Waals surface area contributed by atoms with Crippen molar-refractivity contribution in [3.63, 3.8) is 0 Å². The predicted octanol–water partition coefficient (Wildman–Crippen LogP) is 3.16. The summed E-state index contributed by atoms with van der Waals surface area (Å²) >= 11 is 0. The van der Waals surface area contributed by atoms with Crippen molar-refractivity contribution < 1.29 is 0 Å². The smallest absolute Gasteiger partial charge is 0.0561 e. The fraction of sp³-hybridized carbons (Fsp3) is 0.368. The number of benzene rings is 2. The SMILES string of the molecule is c1ccc2c(c1)CCN1CN3CCc4ccccc4[C@H]3[C@H]21. The molecule has 0 saturated carbocycles. The molecule has 3 heterocycles. The van der Waals surface area contributed by atoms with Crippen molar-refractivity contribution in [2.45, 2.75) is 24.9 Å². The first kappa shape index (κ1) is 12.0. The van der Waals surface area contributed by atoms with Crippen LogP contribution in [0.2, 0.25) is 0 Å². The van der Waals surface area contributed by atoms with Gasteiger partial charge in [0.05, 0.1) is 18.8 Å². The molecule has 1 fully saturated rings. The van der Waals surface area contributed by atoms with Gasteiger partial charge in [0.25, 0.3) is 0 Å². The summed E-state index contributed by atoms with van der Waals surface area (Å²) in [4.78, 5) is 5.38. The van der Waals surface area contributed by atoms with E-state index in [1.54, 1.807) is 22.3 Å². The normalized spacial score (nSPS) is 27.6. The summed E-state index contributed by atoms with van der Waals surface area (Å²) in [5.41, 5.74) is 6.24. The molecule has 0 aromatic heterocycles. The second-order valence-electron chi connectivity index (χ2n) is 6.55. The largest absolute Gasteiger partial charge is 0.281 e. The molecule has 5 rings (SSSR count). The van der Waals surface area contributed by atoms with Gasteiger partial charge in [-0.05, 0) is 35.1 Å². The molecule has 0 unspecified atom stereocenters. The molecule has 2 atom stereocenters. The van der Waals surface area contributed by atoms with E-state index in [1.807, 2.05) is 0 Å². The second-order valence-corrected chi connectivity index (χ2v) is 6.55. The summed E-state index contributed by atoms with van der Waals surface area (Å²) in [7, 11) is 0. The quantitative estimate of drug-likeness (QED) is 0.729. The molecule has 0 N–H and O–H groups in total. The summed E-state index contributed by atoms with van der Waals surface area (Å²) in [6.07, 6.45) is 2.41. The Morgan fingerprint density at radius 2 is 1.14 bits per heavy atom. The molecule has 0 aliphatic carbocycles. The van der Waals surface area contributed by atoms with Crippen molar-refractivity contribution in [3.8, 4) is 0 Å². The minimum Gasteiger partial charge on any atom is -0.281 e. The lowest BCUT2D eigenvalue weighted by Crippen LogP contribution is -2.32. The Kier molecular flexibility index (Phi) is 2.52. The van der Waals surface area contributed by atoms with Crippen molar-refractivity contribution in [1.29, 1.82) is 0 Å². The van der Waals surface area contributed by atoms with Crippen LogP contribution in [0.5, 0.6) is 0 Å². The van der Waals surface area contributed by atoms with Crippen molar-refractivity contribution in [1.82, 2.24) is 9.80 Å². The summed E-state index contributed by atoms with van der Waals surface area (Å²) in [5, 5.41) is 0. The lowest BCUT2D eigenvalue weighted by atomic mass is 9.83. The van der Waals surface area contributed by atoms with Gasteiger partial charge in [-0.25, -0.2) is 0 Å². The lowest BCUT2D eigenvalue weighted by Gasteiger charge is -2.36. The van der Waals surface area contributed by atoms with E-state index in [2.05, 4.69) is 58.3 Å². The van der Waals surface area contributed by atoms with Gasteiger partial charge in [0.2, 0.25) is 0 Å². The maximum Gasteiger partial charge on any atom is 0.0561 e. The zero-order chi connectivity index (χ0) is 13.8. The highest BCUT2D eigenvalue weighted by molar-refractivity contribution is 5.41. The van der Waals surface area contributed by atoms with Gasteiger partial charge in [0.15, 0.2) is 0 Å². The zero-order valence-electron chi connectivity index (χ0n) is 12.2. The van der Waals surface area contributed by atoms with Crippen LogP contribution in [-0.2, 0) is 12.8 Å². The minimum absolute atomic E-state index is 0.552. The third kappa shape index (κ3) is 1.66. The molecule has 2 aromatic rings. The van der Waals surface area contributed by atoms with Crippen LogP contribution in [0.25, 0.3) is 0 Å². The topological polar surface area (TPSA) is 6.48 Å². The average Bonchev–Trinajstić information content (AvgIpc) is 2.94. The number of hydrogen-bond acceptors (Lipinski definition) is 2. The first-order chi connectivity index (χ1) is 10.4. The Labute approximate surface area is 126 Å². The Hall–Kier alpha value is -1.64. The van der Waals surface area contributed by atoms with Crippen LogP contribution in [0.1, 0.15) is 34.3 Å². The van der Waals surface area contributed by atoms with Crippen molar-refractivity contribution in [3.05, 3.63) is 70.8 Å². The molecule has 0 amide bonds. The molecule has 1 saturated heterocycles. The van der Waals surface area contributed by atoms with Crippen LogP contribution in [0, 0.1) is 0 Å². The van der Waals surface area contributed by atoms with E-state index in [0.29, 0.717) is 12.1 Å². The van der Waals surface area contributed by atoms with Gasteiger partial charge in [-0.3, -0.25) is 9.80 Å². The number of rotatable bonds is 0. The molecule has 0 bridgehead atoms. The molecule has 106 valence electrons. The van der Waals surface area contributed by atoms with Gasteiger partial charge in [-0.15, -0.1) is 0 Å². The van der Waals surface area contributed by atoms with E-state index < -0.39 is 0 Å². The number of hydrogen-bond donors (Lipinski definition) is 0. The van der Waals surface area contributed by atoms with Crippen LogP contribution < -0.4 is 0 Å². The third-order valence-electron chi connectivity index (χ3n) is 5.53. The van der Waals surface area contributed by atoms with E-state index in [1.165, 1.54) is 25.9 Å². The highest BCUT2D eigenvalue weighted by Crippen LogP contribution is 2.49. The van der Waals surface area contributed by atoms with E-state index in [-0.39, 0.29) is 0 Å². The highest BCUT2D eigenvalue weighted by Gasteiger charge is 2.45. The van der Waals surface area contributed by atoms with Gasteiger partial charge in [-0.2, -0.15) is 0 Å². The van der Waals surface area contributed by atoms with E-state index in [9.17, 15) is 0 Å². The number of fused-ring (bicyclic) bond motifs is 7. The highest BCUT2D eigenvalue weighted by atomic mass is 15.4. The lowest BCUT2D eigenvalue weighted by molar-refractivity contribution is 0.211. The summed E-state index contributed by atoms with van der Waals surface area (Å²) in [6.45, 7) is 3.55.